The predicted octanol–water partition coefficient (Wildman–Crippen LogP) is 6.62. The summed E-state index contributed by atoms with van der Waals surface area (Å²) in [6, 6.07) is 5.04. The standard InChI is InChI=1S/C55H102N5O17/c1-54(2)46-49(47-55(3,4)60(54)63)48-43-50(58-52(61)56-15-11-7-9-13-17-66-23-25-70-31-33-74-39-41-76-37-35-72-29-27-68-21-19-64-5)45-51(44-48)59-53(62)57-16-12-8-10-14-18-67-24-26-71-32-34-75-40-42-77-38-36-73-30-28-69-22-20-65-6/h43-45,49H,7-42,46-47H2,1-6H3,(H2,56,58,61)(H2,57,59,62). The zero-order valence-corrected chi connectivity index (χ0v) is 48.1. The number of piperidine rings is 1. The van der Waals surface area contributed by atoms with Crippen LogP contribution in [0.5, 0.6) is 0 Å². The van der Waals surface area contributed by atoms with Crippen molar-refractivity contribution in [2.24, 2.45) is 0 Å². The molecule has 4 N–H and O–H groups in total. The highest BCUT2D eigenvalue weighted by molar-refractivity contribution is 5.93. The first-order valence-electron chi connectivity index (χ1n) is 28.1. The van der Waals surface area contributed by atoms with Gasteiger partial charge in [0.25, 0.3) is 0 Å². The lowest BCUT2D eigenvalue weighted by Gasteiger charge is -2.50. The number of hydroxylamine groups is 2. The summed E-state index contributed by atoms with van der Waals surface area (Å²) in [4.78, 5) is 26.2. The third-order valence-corrected chi connectivity index (χ3v) is 12.1. The van der Waals surface area contributed by atoms with Crippen LogP contribution in [0.3, 0.4) is 0 Å². The van der Waals surface area contributed by atoms with Gasteiger partial charge in [0.2, 0.25) is 0 Å². The molecule has 1 saturated heterocycles. The summed E-state index contributed by atoms with van der Waals surface area (Å²) in [5.41, 5.74) is 0.917. The van der Waals surface area contributed by atoms with Crippen LogP contribution in [0.25, 0.3) is 0 Å². The lowest BCUT2D eigenvalue weighted by molar-refractivity contribution is -0.289. The van der Waals surface area contributed by atoms with Gasteiger partial charge in [-0.05, 0) is 95.9 Å². The molecule has 0 aliphatic carbocycles. The van der Waals surface area contributed by atoms with Gasteiger partial charge in [0.15, 0.2) is 0 Å². The van der Waals surface area contributed by atoms with E-state index in [0.717, 1.165) is 56.9 Å². The summed E-state index contributed by atoms with van der Waals surface area (Å²) in [6.45, 7) is 22.8. The van der Waals surface area contributed by atoms with E-state index >= 15 is 0 Å². The van der Waals surface area contributed by atoms with Gasteiger partial charge in [-0.15, -0.1) is 10.3 Å². The SMILES string of the molecule is COCCOCCOCCOCCOCCOCCOCCCCCCNC(=O)Nc1cc(NC(=O)NCCCCCCOCCOCCOCCOCCOCCOCCOC)cc(C2CC(C)(C)N([O])C(C)(C)C2)c1. The molecule has 0 saturated carbocycles. The number of carbonyl (C=O) groups excluding carboxylic acids is 2. The van der Waals surface area contributed by atoms with E-state index in [4.69, 9.17) is 66.3 Å². The van der Waals surface area contributed by atoms with E-state index in [1.165, 1.54) is 5.06 Å². The summed E-state index contributed by atoms with van der Waals surface area (Å²) >= 11 is 0. The quantitative estimate of drug-likeness (QED) is 0.0502. The van der Waals surface area contributed by atoms with E-state index in [-0.39, 0.29) is 18.0 Å². The van der Waals surface area contributed by atoms with Crippen molar-refractivity contribution in [1.82, 2.24) is 15.7 Å². The van der Waals surface area contributed by atoms with E-state index < -0.39 is 11.1 Å². The number of nitrogens with one attached hydrogen (secondary N) is 4. The molecule has 22 heteroatoms. The maximum atomic E-state index is 13.2. The lowest BCUT2D eigenvalue weighted by atomic mass is 9.72. The summed E-state index contributed by atoms with van der Waals surface area (Å²) in [7, 11) is 3.29. The smallest absolute Gasteiger partial charge is 0.319 e. The van der Waals surface area contributed by atoms with Crippen molar-refractivity contribution in [3.05, 3.63) is 23.8 Å². The van der Waals surface area contributed by atoms with Gasteiger partial charge in [-0.1, -0.05) is 25.7 Å². The second kappa shape index (κ2) is 47.9. The average molecular weight is 1110 g/mol. The summed E-state index contributed by atoms with van der Waals surface area (Å²) in [5.74, 6) is 0.0412. The first-order chi connectivity index (χ1) is 37.5. The van der Waals surface area contributed by atoms with E-state index in [9.17, 15) is 14.8 Å². The normalized spacial score (nSPS) is 14.5. The van der Waals surface area contributed by atoms with Gasteiger partial charge in [-0.25, -0.2) is 9.59 Å². The fraction of sp³-hybridized carbons (Fsp3) is 0.855. The van der Waals surface area contributed by atoms with Crippen LogP contribution in [-0.4, -0.2) is 227 Å². The second-order valence-electron chi connectivity index (χ2n) is 19.8. The van der Waals surface area contributed by atoms with Crippen LogP contribution in [0.1, 0.15) is 103 Å². The largest absolute Gasteiger partial charge is 0.382 e. The highest BCUT2D eigenvalue weighted by atomic mass is 16.6. The van der Waals surface area contributed by atoms with E-state index in [1.807, 2.05) is 39.8 Å². The molecular weight excluding hydrogens is 1000 g/mol. The molecule has 1 aromatic carbocycles. The van der Waals surface area contributed by atoms with Gasteiger partial charge in [0, 0.05) is 63.0 Å². The molecule has 1 fully saturated rings. The summed E-state index contributed by atoms with van der Waals surface area (Å²) in [6.07, 6.45) is 8.65. The number of urea groups is 2. The van der Waals surface area contributed by atoms with Crippen molar-refractivity contribution in [1.29, 1.82) is 0 Å². The van der Waals surface area contributed by atoms with Crippen LogP contribution in [0.2, 0.25) is 0 Å². The maximum absolute atomic E-state index is 13.2. The Balaban J connectivity index is 1.55. The molecule has 1 heterocycles. The van der Waals surface area contributed by atoms with E-state index in [2.05, 4.69) is 21.3 Å². The molecule has 77 heavy (non-hydrogen) atoms. The Morgan fingerprint density at radius 2 is 0.662 bits per heavy atom. The monoisotopic (exact) mass is 1100 g/mol. The summed E-state index contributed by atoms with van der Waals surface area (Å²) in [5, 5.41) is 26.3. The third kappa shape index (κ3) is 39.2. The molecule has 0 aromatic heterocycles. The number of hydrogen-bond acceptors (Lipinski definition) is 17. The Hall–Kier alpha value is -2.88. The van der Waals surface area contributed by atoms with Crippen molar-refractivity contribution >= 4 is 23.4 Å². The average Bonchev–Trinajstić information content (AvgIpc) is 3.40. The molecule has 449 valence electrons. The number of unbranched alkanes of at least 4 members (excludes halogenated alkanes) is 6. The Bertz CT molecular complexity index is 1450. The number of anilines is 2. The summed E-state index contributed by atoms with van der Waals surface area (Å²) < 4.78 is 76.0. The van der Waals surface area contributed by atoms with Crippen molar-refractivity contribution in [2.45, 2.75) is 109 Å². The van der Waals surface area contributed by atoms with Crippen LogP contribution < -0.4 is 21.3 Å². The molecular formula is C55H102N5O17. The van der Waals surface area contributed by atoms with Crippen LogP contribution in [-0.2, 0) is 71.5 Å². The third-order valence-electron chi connectivity index (χ3n) is 12.1. The number of methoxy groups -OCH3 is 2. The molecule has 1 radical (unpaired) electrons. The van der Waals surface area contributed by atoms with E-state index in [0.29, 0.717) is 209 Å². The second-order valence-corrected chi connectivity index (χ2v) is 19.8. The Morgan fingerprint density at radius 1 is 0.403 bits per heavy atom. The van der Waals surface area contributed by atoms with Crippen LogP contribution in [0, 0.1) is 0 Å². The van der Waals surface area contributed by atoms with Crippen molar-refractivity contribution in [2.75, 3.05) is 210 Å². The Labute approximate surface area is 461 Å². The van der Waals surface area contributed by atoms with Crippen LogP contribution >= 0.6 is 0 Å². The minimum absolute atomic E-state index is 0.0412. The van der Waals surface area contributed by atoms with Gasteiger partial charge in [0.05, 0.1) is 159 Å². The topological polar surface area (TPSA) is 235 Å². The minimum atomic E-state index is -0.587. The number of carbonyl (C=O) groups is 2. The Morgan fingerprint density at radius 3 is 0.948 bits per heavy atom. The molecule has 0 bridgehead atoms. The molecule has 22 nitrogen and oxygen atoms in total. The fourth-order valence-corrected chi connectivity index (χ4v) is 8.34. The Kier molecular flexibility index (Phi) is 43.7. The van der Waals surface area contributed by atoms with Crippen LogP contribution in [0.4, 0.5) is 21.0 Å². The van der Waals surface area contributed by atoms with Gasteiger partial charge >= 0.3 is 12.1 Å². The van der Waals surface area contributed by atoms with Crippen molar-refractivity contribution < 1.29 is 81.1 Å². The number of rotatable bonds is 53. The molecule has 0 spiro atoms. The molecule has 2 rings (SSSR count). The van der Waals surface area contributed by atoms with Crippen molar-refractivity contribution in [3.8, 4) is 0 Å². The van der Waals surface area contributed by atoms with Crippen LogP contribution in [0.15, 0.2) is 18.2 Å². The highest BCUT2D eigenvalue weighted by Gasteiger charge is 2.46. The van der Waals surface area contributed by atoms with Gasteiger partial charge in [-0.3, -0.25) is 0 Å². The van der Waals surface area contributed by atoms with Gasteiger partial charge < -0.3 is 87.6 Å². The molecule has 1 aliphatic heterocycles. The molecule has 4 amide bonds. The molecule has 1 aliphatic rings. The van der Waals surface area contributed by atoms with E-state index in [1.54, 1.807) is 20.3 Å². The first-order valence-corrected chi connectivity index (χ1v) is 28.1. The molecule has 0 unspecified atom stereocenters. The number of hydrogen-bond donors (Lipinski definition) is 4. The first kappa shape index (κ1) is 70.2. The van der Waals surface area contributed by atoms with Gasteiger partial charge in [-0.2, -0.15) is 0 Å². The zero-order chi connectivity index (χ0) is 55.8. The number of ether oxygens (including phenoxy) is 14. The van der Waals surface area contributed by atoms with Crippen molar-refractivity contribution in [3.63, 3.8) is 0 Å². The lowest BCUT2D eigenvalue weighted by Crippen LogP contribution is -2.57. The van der Waals surface area contributed by atoms with Gasteiger partial charge in [0.1, 0.15) is 0 Å². The minimum Gasteiger partial charge on any atom is -0.382 e. The zero-order valence-electron chi connectivity index (χ0n) is 48.1. The molecule has 1 aromatic rings. The number of benzene rings is 1. The molecule has 0 atom stereocenters. The highest BCUT2D eigenvalue weighted by Crippen LogP contribution is 2.45. The predicted molar refractivity (Wildman–Crippen MR) is 294 cm³/mol. The number of nitrogens with zero attached hydrogens (tertiary/aromatic N) is 1. The maximum Gasteiger partial charge on any atom is 0.319 e. The number of amides is 4. The fourth-order valence-electron chi connectivity index (χ4n) is 8.34.